The van der Waals surface area contributed by atoms with Gasteiger partial charge in [-0.3, -0.25) is 4.90 Å². The maximum atomic E-state index is 3.77. The molecule has 0 aromatic heterocycles. The van der Waals surface area contributed by atoms with E-state index in [1.165, 1.54) is 51.6 Å². The Hall–Kier alpha value is -0.0800. The Bertz CT molecular complexity index is 250. The maximum Gasteiger partial charge on any atom is 0.0113 e. The van der Waals surface area contributed by atoms with E-state index in [2.05, 4.69) is 37.9 Å². The van der Waals surface area contributed by atoms with E-state index >= 15 is 0 Å². The molecule has 0 aliphatic carbocycles. The summed E-state index contributed by atoms with van der Waals surface area (Å²) >= 11 is 0. The molecule has 0 aromatic carbocycles. The van der Waals surface area contributed by atoms with Gasteiger partial charge in [-0.1, -0.05) is 34.1 Å². The van der Waals surface area contributed by atoms with Crippen LogP contribution in [0.15, 0.2) is 0 Å². The second kappa shape index (κ2) is 7.08. The monoisotopic (exact) mass is 266 g/mol. The van der Waals surface area contributed by atoms with Crippen LogP contribution in [0.2, 0.25) is 0 Å². The van der Waals surface area contributed by atoms with Crippen LogP contribution in [-0.4, -0.2) is 36.1 Å². The van der Waals surface area contributed by atoms with Crippen molar-refractivity contribution in [3.8, 4) is 0 Å². The molecule has 0 aromatic rings. The van der Waals surface area contributed by atoms with Crippen LogP contribution in [-0.2, 0) is 0 Å². The molecule has 2 nitrogen and oxygen atoms in total. The zero-order valence-electron chi connectivity index (χ0n) is 13.5. The van der Waals surface area contributed by atoms with Gasteiger partial charge in [-0.25, -0.2) is 0 Å². The van der Waals surface area contributed by atoms with E-state index in [9.17, 15) is 0 Å². The summed E-state index contributed by atoms with van der Waals surface area (Å²) in [7, 11) is 0. The van der Waals surface area contributed by atoms with Crippen molar-refractivity contribution in [2.75, 3.05) is 13.1 Å². The molecule has 2 saturated heterocycles. The average molecular weight is 266 g/mol. The molecule has 2 heteroatoms. The lowest BCUT2D eigenvalue weighted by Crippen LogP contribution is -2.57. The highest BCUT2D eigenvalue weighted by molar-refractivity contribution is 4.95. The minimum absolute atomic E-state index is 0.792. The molecule has 0 spiro atoms. The normalized spacial score (nSPS) is 33.6. The lowest BCUT2D eigenvalue weighted by molar-refractivity contribution is 0.00920. The topological polar surface area (TPSA) is 15.3 Å². The van der Waals surface area contributed by atoms with Crippen LogP contribution in [0, 0.1) is 11.8 Å². The molecule has 0 amide bonds. The maximum absolute atomic E-state index is 3.77. The SMILES string of the molecule is CCCNC1CC2CCCC(C1)N2CC(C)C(C)C. The van der Waals surface area contributed by atoms with Crippen molar-refractivity contribution in [3.05, 3.63) is 0 Å². The van der Waals surface area contributed by atoms with Gasteiger partial charge in [0.25, 0.3) is 0 Å². The number of nitrogens with zero attached hydrogens (tertiary/aromatic N) is 1. The summed E-state index contributed by atoms with van der Waals surface area (Å²) in [5, 5.41) is 3.77. The quantitative estimate of drug-likeness (QED) is 0.789. The summed E-state index contributed by atoms with van der Waals surface area (Å²) in [6, 6.07) is 2.52. The third-order valence-corrected chi connectivity index (χ3v) is 5.45. The Morgan fingerprint density at radius 3 is 2.26 bits per heavy atom. The van der Waals surface area contributed by atoms with Gasteiger partial charge in [-0.05, 0) is 50.5 Å². The molecular weight excluding hydrogens is 232 g/mol. The van der Waals surface area contributed by atoms with Crippen LogP contribution in [0.5, 0.6) is 0 Å². The first-order chi connectivity index (χ1) is 9.11. The van der Waals surface area contributed by atoms with Crippen molar-refractivity contribution >= 4 is 0 Å². The summed E-state index contributed by atoms with van der Waals surface area (Å²) in [4.78, 5) is 2.87. The first-order valence-corrected chi connectivity index (χ1v) is 8.61. The summed E-state index contributed by atoms with van der Waals surface area (Å²) < 4.78 is 0. The largest absolute Gasteiger partial charge is 0.314 e. The average Bonchev–Trinajstić information content (AvgIpc) is 2.36. The summed E-state index contributed by atoms with van der Waals surface area (Å²) in [6.45, 7) is 12.0. The number of hydrogen-bond donors (Lipinski definition) is 1. The van der Waals surface area contributed by atoms with Gasteiger partial charge in [-0.15, -0.1) is 0 Å². The van der Waals surface area contributed by atoms with Crippen molar-refractivity contribution in [1.82, 2.24) is 10.2 Å². The smallest absolute Gasteiger partial charge is 0.0113 e. The Labute approximate surface area is 120 Å². The lowest BCUT2D eigenvalue weighted by Gasteiger charge is -2.50. The third-order valence-electron chi connectivity index (χ3n) is 5.45. The van der Waals surface area contributed by atoms with Crippen molar-refractivity contribution in [2.45, 2.75) is 84.3 Å². The zero-order chi connectivity index (χ0) is 13.8. The Kier molecular flexibility index (Phi) is 5.70. The minimum Gasteiger partial charge on any atom is -0.314 e. The minimum atomic E-state index is 0.792. The number of rotatable bonds is 6. The van der Waals surface area contributed by atoms with Gasteiger partial charge in [-0.2, -0.15) is 0 Å². The molecule has 2 bridgehead atoms. The highest BCUT2D eigenvalue weighted by Crippen LogP contribution is 2.35. The summed E-state index contributed by atoms with van der Waals surface area (Å²) in [6.07, 6.45) is 8.38. The van der Waals surface area contributed by atoms with E-state index in [-0.39, 0.29) is 0 Å². The molecule has 0 radical (unpaired) electrons. The molecule has 2 aliphatic heterocycles. The van der Waals surface area contributed by atoms with Gasteiger partial charge in [0.05, 0.1) is 0 Å². The van der Waals surface area contributed by atoms with E-state index in [1.807, 2.05) is 0 Å². The zero-order valence-corrected chi connectivity index (χ0v) is 13.5. The Morgan fingerprint density at radius 2 is 1.74 bits per heavy atom. The number of nitrogens with one attached hydrogen (secondary N) is 1. The fourth-order valence-corrected chi connectivity index (χ4v) is 3.84. The second-order valence-electron chi connectivity index (χ2n) is 7.28. The van der Waals surface area contributed by atoms with Gasteiger partial charge in [0.1, 0.15) is 0 Å². The van der Waals surface area contributed by atoms with E-state index in [1.54, 1.807) is 0 Å². The van der Waals surface area contributed by atoms with Crippen molar-refractivity contribution in [3.63, 3.8) is 0 Å². The molecule has 2 aliphatic rings. The highest BCUT2D eigenvalue weighted by Gasteiger charge is 2.38. The summed E-state index contributed by atoms with van der Waals surface area (Å²) in [5.41, 5.74) is 0. The van der Waals surface area contributed by atoms with Gasteiger partial charge >= 0.3 is 0 Å². The molecule has 19 heavy (non-hydrogen) atoms. The van der Waals surface area contributed by atoms with Gasteiger partial charge in [0.2, 0.25) is 0 Å². The standard InChI is InChI=1S/C17H34N2/c1-5-9-18-15-10-16-7-6-8-17(11-15)19(16)12-14(4)13(2)3/h13-18H,5-12H2,1-4H3. The van der Waals surface area contributed by atoms with E-state index < -0.39 is 0 Å². The number of fused-ring (bicyclic) bond motifs is 2. The lowest BCUT2D eigenvalue weighted by atomic mass is 9.80. The predicted molar refractivity (Wildman–Crippen MR) is 83.5 cm³/mol. The van der Waals surface area contributed by atoms with Crippen LogP contribution in [0.3, 0.4) is 0 Å². The first kappa shape index (κ1) is 15.3. The van der Waals surface area contributed by atoms with Crippen molar-refractivity contribution < 1.29 is 0 Å². The van der Waals surface area contributed by atoms with Crippen LogP contribution >= 0.6 is 0 Å². The number of piperidine rings is 2. The molecule has 112 valence electrons. The number of hydrogen-bond acceptors (Lipinski definition) is 2. The molecular formula is C17H34N2. The molecule has 0 saturated carbocycles. The van der Waals surface area contributed by atoms with E-state index in [0.717, 1.165) is 30.0 Å². The van der Waals surface area contributed by atoms with Crippen LogP contribution in [0.4, 0.5) is 0 Å². The fraction of sp³-hybridized carbons (Fsp3) is 1.00. The Morgan fingerprint density at radius 1 is 1.11 bits per heavy atom. The van der Waals surface area contributed by atoms with Crippen molar-refractivity contribution in [1.29, 1.82) is 0 Å². The summed E-state index contributed by atoms with van der Waals surface area (Å²) in [5.74, 6) is 1.65. The van der Waals surface area contributed by atoms with Crippen molar-refractivity contribution in [2.24, 2.45) is 11.8 Å². The fourth-order valence-electron chi connectivity index (χ4n) is 3.84. The molecule has 2 heterocycles. The van der Waals surface area contributed by atoms with E-state index in [4.69, 9.17) is 0 Å². The molecule has 3 atom stereocenters. The highest BCUT2D eigenvalue weighted by atomic mass is 15.2. The molecule has 2 rings (SSSR count). The van der Waals surface area contributed by atoms with Gasteiger partial charge < -0.3 is 5.32 Å². The third kappa shape index (κ3) is 3.95. The molecule has 3 unspecified atom stereocenters. The molecule has 1 N–H and O–H groups in total. The second-order valence-corrected chi connectivity index (χ2v) is 7.28. The van der Waals surface area contributed by atoms with Gasteiger partial charge in [0.15, 0.2) is 0 Å². The first-order valence-electron chi connectivity index (χ1n) is 8.61. The Balaban J connectivity index is 1.91. The predicted octanol–water partition coefficient (Wildman–Crippen LogP) is 3.66. The van der Waals surface area contributed by atoms with Crippen LogP contribution in [0.1, 0.15) is 66.2 Å². The molecule has 2 fully saturated rings. The van der Waals surface area contributed by atoms with Crippen LogP contribution < -0.4 is 5.32 Å². The van der Waals surface area contributed by atoms with Crippen LogP contribution in [0.25, 0.3) is 0 Å². The van der Waals surface area contributed by atoms with E-state index in [0.29, 0.717) is 0 Å². The van der Waals surface area contributed by atoms with Gasteiger partial charge in [0, 0.05) is 24.7 Å².